The van der Waals surface area contributed by atoms with E-state index in [9.17, 15) is 4.79 Å². The van der Waals surface area contributed by atoms with Gasteiger partial charge in [0.25, 0.3) is 0 Å². The van der Waals surface area contributed by atoms with Gasteiger partial charge in [0.2, 0.25) is 0 Å². The van der Waals surface area contributed by atoms with Gasteiger partial charge in [-0.25, -0.2) is 4.98 Å². The first-order valence-corrected chi connectivity index (χ1v) is 6.08. The summed E-state index contributed by atoms with van der Waals surface area (Å²) in [6.07, 6.45) is 2.43. The van der Waals surface area contributed by atoms with E-state index in [1.807, 2.05) is 19.9 Å². The average Bonchev–Trinajstić information content (AvgIpc) is 3.03. The first-order chi connectivity index (χ1) is 8.69. The third kappa shape index (κ3) is 1.85. The molecule has 0 unspecified atom stereocenters. The zero-order valence-electron chi connectivity index (χ0n) is 10.3. The molecule has 2 aromatic rings. The summed E-state index contributed by atoms with van der Waals surface area (Å²) in [6, 6.07) is 1.88. The van der Waals surface area contributed by atoms with Crippen LogP contribution in [0.25, 0.3) is 11.1 Å². The summed E-state index contributed by atoms with van der Waals surface area (Å²) in [7, 11) is 0. The molecule has 2 atom stereocenters. The van der Waals surface area contributed by atoms with Gasteiger partial charge < -0.3 is 9.15 Å². The number of fused-ring (bicyclic) bond motifs is 1. The highest BCUT2D eigenvalue weighted by molar-refractivity contribution is 5.78. The summed E-state index contributed by atoms with van der Waals surface area (Å²) in [6.45, 7) is 4.13. The lowest BCUT2D eigenvalue weighted by atomic mass is 10.3. The van der Waals surface area contributed by atoms with E-state index < -0.39 is 0 Å². The summed E-state index contributed by atoms with van der Waals surface area (Å²) in [5.41, 5.74) is 2.37. The Hall–Kier alpha value is -1.91. The van der Waals surface area contributed by atoms with Gasteiger partial charge in [0.05, 0.1) is 18.7 Å². The van der Waals surface area contributed by atoms with Gasteiger partial charge in [-0.2, -0.15) is 0 Å². The Labute approximate surface area is 104 Å². The van der Waals surface area contributed by atoms with Gasteiger partial charge in [-0.1, -0.05) is 0 Å². The fourth-order valence-corrected chi connectivity index (χ4v) is 2.09. The molecule has 94 valence electrons. The fourth-order valence-electron chi connectivity index (χ4n) is 2.09. The van der Waals surface area contributed by atoms with Crippen molar-refractivity contribution in [3.8, 4) is 0 Å². The lowest BCUT2D eigenvalue weighted by molar-refractivity contribution is -0.144. The van der Waals surface area contributed by atoms with E-state index >= 15 is 0 Å². The lowest BCUT2D eigenvalue weighted by Crippen LogP contribution is -2.07. The van der Waals surface area contributed by atoms with Gasteiger partial charge in [0, 0.05) is 11.6 Å². The first kappa shape index (κ1) is 11.2. The maximum absolute atomic E-state index is 11.6. The van der Waals surface area contributed by atoms with Crippen molar-refractivity contribution in [2.75, 3.05) is 6.61 Å². The second kappa shape index (κ2) is 4.08. The molecule has 0 aromatic carbocycles. The molecule has 5 nitrogen and oxygen atoms in total. The number of carbonyl (C=O) groups is 1. The molecule has 3 rings (SSSR count). The lowest BCUT2D eigenvalue weighted by Gasteiger charge is -1.98. The molecule has 18 heavy (non-hydrogen) atoms. The Morgan fingerprint density at radius 3 is 3.22 bits per heavy atom. The molecule has 1 aliphatic carbocycles. The average molecular weight is 246 g/mol. The number of hydrogen-bond donors (Lipinski definition) is 0. The van der Waals surface area contributed by atoms with Crippen LogP contribution in [0.4, 0.5) is 0 Å². The summed E-state index contributed by atoms with van der Waals surface area (Å²) in [5.74, 6) is 0.443. The van der Waals surface area contributed by atoms with Crippen LogP contribution in [0.15, 0.2) is 16.7 Å². The predicted octanol–water partition coefficient (Wildman–Crippen LogP) is 2.20. The van der Waals surface area contributed by atoms with Crippen LogP contribution in [0, 0.1) is 12.8 Å². The first-order valence-electron chi connectivity index (χ1n) is 6.08. The Balaban J connectivity index is 1.82. The van der Waals surface area contributed by atoms with E-state index in [1.165, 1.54) is 0 Å². The van der Waals surface area contributed by atoms with E-state index in [0.717, 1.165) is 17.6 Å². The van der Waals surface area contributed by atoms with Gasteiger partial charge in [0.1, 0.15) is 5.52 Å². The van der Waals surface area contributed by atoms with Gasteiger partial charge in [-0.3, -0.25) is 9.78 Å². The van der Waals surface area contributed by atoms with Crippen LogP contribution in [0.3, 0.4) is 0 Å². The highest BCUT2D eigenvalue weighted by Crippen LogP contribution is 2.48. The molecule has 1 fully saturated rings. The summed E-state index contributed by atoms with van der Waals surface area (Å²) >= 11 is 0. The van der Waals surface area contributed by atoms with Crippen LogP contribution in [-0.4, -0.2) is 22.5 Å². The third-order valence-corrected chi connectivity index (χ3v) is 3.13. The van der Waals surface area contributed by atoms with Crippen molar-refractivity contribution in [3.63, 3.8) is 0 Å². The fraction of sp³-hybridized carbons (Fsp3) is 0.462. The number of ether oxygens (including phenoxy) is 1. The Kier molecular flexibility index (Phi) is 2.54. The number of pyridine rings is 1. The normalized spacial score (nSPS) is 22.1. The molecule has 1 aliphatic rings. The van der Waals surface area contributed by atoms with E-state index in [4.69, 9.17) is 9.15 Å². The standard InChI is InChI=1S/C13H14N2O3/c1-3-17-13(16)9-5-8(9)12-15-10-4-7(2)14-6-11(10)18-12/h4,6,8-9H,3,5H2,1-2H3/t8-,9-/m0/s1. The Bertz CT molecular complexity index is 605. The van der Waals surface area contributed by atoms with Gasteiger partial charge in [-0.15, -0.1) is 0 Å². The zero-order chi connectivity index (χ0) is 12.7. The van der Waals surface area contributed by atoms with Crippen molar-refractivity contribution in [2.24, 2.45) is 5.92 Å². The minimum absolute atomic E-state index is 0.0664. The third-order valence-electron chi connectivity index (χ3n) is 3.13. The number of nitrogens with zero attached hydrogens (tertiary/aromatic N) is 2. The van der Waals surface area contributed by atoms with Crippen molar-refractivity contribution >= 4 is 17.1 Å². The van der Waals surface area contributed by atoms with Crippen LogP contribution in [0.5, 0.6) is 0 Å². The molecule has 0 aliphatic heterocycles. The molecule has 2 heterocycles. The van der Waals surface area contributed by atoms with Crippen LogP contribution < -0.4 is 0 Å². The number of oxazole rings is 1. The zero-order valence-corrected chi connectivity index (χ0v) is 10.3. The quantitative estimate of drug-likeness (QED) is 0.777. The summed E-state index contributed by atoms with van der Waals surface area (Å²) < 4.78 is 10.6. The van der Waals surface area contributed by atoms with Crippen LogP contribution in [-0.2, 0) is 9.53 Å². The monoisotopic (exact) mass is 246 g/mol. The predicted molar refractivity (Wildman–Crippen MR) is 64.0 cm³/mol. The van der Waals surface area contributed by atoms with Crippen molar-refractivity contribution in [3.05, 3.63) is 23.8 Å². The van der Waals surface area contributed by atoms with Gasteiger partial charge in [0.15, 0.2) is 11.5 Å². The Morgan fingerprint density at radius 1 is 1.61 bits per heavy atom. The molecule has 2 aromatic heterocycles. The molecule has 0 bridgehead atoms. The van der Waals surface area contributed by atoms with E-state index in [2.05, 4.69) is 9.97 Å². The van der Waals surface area contributed by atoms with E-state index in [1.54, 1.807) is 6.20 Å². The second-order valence-corrected chi connectivity index (χ2v) is 4.55. The molecule has 0 spiro atoms. The number of carbonyl (C=O) groups excluding carboxylic acids is 1. The smallest absolute Gasteiger partial charge is 0.309 e. The molecular formula is C13H14N2O3. The molecule has 0 N–H and O–H groups in total. The second-order valence-electron chi connectivity index (χ2n) is 4.55. The highest BCUT2D eigenvalue weighted by atomic mass is 16.5. The topological polar surface area (TPSA) is 65.2 Å². The van der Waals surface area contributed by atoms with E-state index in [-0.39, 0.29) is 17.8 Å². The molecule has 0 radical (unpaired) electrons. The molecule has 5 heteroatoms. The minimum atomic E-state index is -0.154. The maximum atomic E-state index is 11.6. The van der Waals surface area contributed by atoms with Crippen LogP contribution in [0.1, 0.15) is 30.8 Å². The summed E-state index contributed by atoms with van der Waals surface area (Å²) in [4.78, 5) is 20.1. The van der Waals surface area contributed by atoms with Crippen molar-refractivity contribution < 1.29 is 13.9 Å². The highest BCUT2D eigenvalue weighted by Gasteiger charge is 2.48. The Morgan fingerprint density at radius 2 is 2.44 bits per heavy atom. The largest absolute Gasteiger partial charge is 0.466 e. The number of aryl methyl sites for hydroxylation is 1. The summed E-state index contributed by atoms with van der Waals surface area (Å²) in [5, 5.41) is 0. The van der Waals surface area contributed by atoms with Crippen molar-refractivity contribution in [1.82, 2.24) is 9.97 Å². The van der Waals surface area contributed by atoms with Crippen LogP contribution in [0.2, 0.25) is 0 Å². The minimum Gasteiger partial charge on any atom is -0.466 e. The molecule has 0 saturated heterocycles. The number of hydrogen-bond acceptors (Lipinski definition) is 5. The van der Waals surface area contributed by atoms with Gasteiger partial charge in [-0.05, 0) is 26.3 Å². The SMILES string of the molecule is CCOC(=O)[C@H]1C[C@@H]1c1nc2cc(C)ncc2o1. The number of aromatic nitrogens is 2. The number of rotatable bonds is 3. The molecule has 0 amide bonds. The molecule has 1 saturated carbocycles. The molecular weight excluding hydrogens is 232 g/mol. The number of esters is 1. The van der Waals surface area contributed by atoms with Crippen molar-refractivity contribution in [1.29, 1.82) is 0 Å². The van der Waals surface area contributed by atoms with E-state index in [0.29, 0.717) is 18.1 Å². The van der Waals surface area contributed by atoms with Crippen LogP contribution >= 0.6 is 0 Å². The maximum Gasteiger partial charge on any atom is 0.309 e. The van der Waals surface area contributed by atoms with Crippen molar-refractivity contribution in [2.45, 2.75) is 26.2 Å². The van der Waals surface area contributed by atoms with Gasteiger partial charge >= 0.3 is 5.97 Å².